The highest BCUT2D eigenvalue weighted by atomic mass is 16.3. The van der Waals surface area contributed by atoms with E-state index in [2.05, 4.69) is 22.5 Å². The molecular weight excluding hydrogens is 254 g/mol. The summed E-state index contributed by atoms with van der Waals surface area (Å²) in [6.45, 7) is 3.62. The lowest BCUT2D eigenvalue weighted by molar-refractivity contribution is 0.120. The van der Waals surface area contributed by atoms with Crippen LogP contribution in [0.2, 0.25) is 0 Å². The largest absolute Gasteiger partial charge is 0.469 e. The molecule has 1 heterocycles. The molecule has 0 unspecified atom stereocenters. The van der Waals surface area contributed by atoms with E-state index >= 15 is 0 Å². The van der Waals surface area contributed by atoms with E-state index in [0.717, 1.165) is 50.4 Å². The molecule has 0 radical (unpaired) electrons. The first kappa shape index (κ1) is 14.9. The Labute approximate surface area is 120 Å². The van der Waals surface area contributed by atoms with Gasteiger partial charge in [0.1, 0.15) is 5.76 Å². The fourth-order valence-corrected chi connectivity index (χ4v) is 2.47. The van der Waals surface area contributed by atoms with Crippen molar-refractivity contribution >= 4 is 5.96 Å². The van der Waals surface area contributed by atoms with E-state index in [-0.39, 0.29) is 6.10 Å². The fourth-order valence-electron chi connectivity index (χ4n) is 2.47. The molecule has 1 aliphatic rings. The van der Waals surface area contributed by atoms with Crippen LogP contribution >= 0.6 is 0 Å². The van der Waals surface area contributed by atoms with Gasteiger partial charge in [0.15, 0.2) is 5.96 Å². The van der Waals surface area contributed by atoms with Gasteiger partial charge in [-0.25, -0.2) is 0 Å². The lowest BCUT2D eigenvalue weighted by Gasteiger charge is -2.27. The van der Waals surface area contributed by atoms with Gasteiger partial charge in [-0.2, -0.15) is 0 Å². The molecular formula is C15H25N3O2. The van der Waals surface area contributed by atoms with Crippen molar-refractivity contribution in [1.82, 2.24) is 10.6 Å². The van der Waals surface area contributed by atoms with Crippen LogP contribution in [-0.2, 0) is 6.42 Å². The Kier molecular flexibility index (Phi) is 5.92. The van der Waals surface area contributed by atoms with Crippen LogP contribution in [0.25, 0.3) is 0 Å². The van der Waals surface area contributed by atoms with Crippen molar-refractivity contribution in [2.75, 3.05) is 13.1 Å². The minimum absolute atomic E-state index is 0.119. The number of hydrogen-bond donors (Lipinski definition) is 3. The van der Waals surface area contributed by atoms with Gasteiger partial charge in [-0.15, -0.1) is 0 Å². The SMILES string of the molecule is CCNC(=NCCc1ccco1)NC1CCC(O)CC1. The van der Waals surface area contributed by atoms with Gasteiger partial charge in [-0.1, -0.05) is 0 Å². The van der Waals surface area contributed by atoms with Gasteiger partial charge in [-0.3, -0.25) is 4.99 Å². The third-order valence-corrected chi connectivity index (χ3v) is 3.59. The predicted molar refractivity (Wildman–Crippen MR) is 79.8 cm³/mol. The standard InChI is InChI=1S/C15H25N3O2/c1-2-16-15(17-10-9-14-4-3-11-20-14)18-12-5-7-13(19)8-6-12/h3-4,11-13,19H,2,5-10H2,1H3,(H2,16,17,18). The predicted octanol–water partition coefficient (Wildman–Crippen LogP) is 1.68. The molecule has 0 aromatic carbocycles. The van der Waals surface area contributed by atoms with Gasteiger partial charge in [0.25, 0.3) is 0 Å². The van der Waals surface area contributed by atoms with Crippen LogP contribution in [0.15, 0.2) is 27.8 Å². The Hall–Kier alpha value is -1.49. The van der Waals surface area contributed by atoms with Crippen molar-refractivity contribution in [3.8, 4) is 0 Å². The maximum Gasteiger partial charge on any atom is 0.191 e. The molecule has 0 aliphatic heterocycles. The summed E-state index contributed by atoms with van der Waals surface area (Å²) >= 11 is 0. The molecule has 1 fully saturated rings. The van der Waals surface area contributed by atoms with E-state index in [1.165, 1.54) is 0 Å². The highest BCUT2D eigenvalue weighted by molar-refractivity contribution is 5.80. The van der Waals surface area contributed by atoms with Gasteiger partial charge in [0, 0.05) is 25.6 Å². The first-order valence-electron chi connectivity index (χ1n) is 7.53. The minimum atomic E-state index is -0.119. The number of rotatable bonds is 5. The van der Waals surface area contributed by atoms with Crippen molar-refractivity contribution in [2.45, 2.75) is 51.2 Å². The minimum Gasteiger partial charge on any atom is -0.469 e. The zero-order valence-electron chi connectivity index (χ0n) is 12.1. The van der Waals surface area contributed by atoms with Gasteiger partial charge < -0.3 is 20.2 Å². The second kappa shape index (κ2) is 7.94. The second-order valence-corrected chi connectivity index (χ2v) is 5.24. The van der Waals surface area contributed by atoms with Crippen molar-refractivity contribution in [3.63, 3.8) is 0 Å². The van der Waals surface area contributed by atoms with Gasteiger partial charge in [0.05, 0.1) is 12.4 Å². The summed E-state index contributed by atoms with van der Waals surface area (Å²) in [6, 6.07) is 4.29. The molecule has 0 amide bonds. The molecule has 0 bridgehead atoms. The molecule has 1 aliphatic carbocycles. The lowest BCUT2D eigenvalue weighted by atomic mass is 9.93. The molecule has 20 heavy (non-hydrogen) atoms. The Bertz CT molecular complexity index is 395. The molecule has 0 atom stereocenters. The molecule has 1 saturated carbocycles. The number of guanidine groups is 1. The Morgan fingerprint density at radius 2 is 2.20 bits per heavy atom. The summed E-state index contributed by atoms with van der Waals surface area (Å²) in [6.07, 6.45) is 6.15. The molecule has 3 N–H and O–H groups in total. The molecule has 5 heteroatoms. The van der Waals surface area contributed by atoms with Crippen molar-refractivity contribution in [3.05, 3.63) is 24.2 Å². The van der Waals surface area contributed by atoms with Crippen LogP contribution in [0.5, 0.6) is 0 Å². The highest BCUT2D eigenvalue weighted by Gasteiger charge is 2.19. The summed E-state index contributed by atoms with van der Waals surface area (Å²) in [7, 11) is 0. The van der Waals surface area contributed by atoms with Gasteiger partial charge >= 0.3 is 0 Å². The molecule has 1 aromatic heterocycles. The maximum absolute atomic E-state index is 9.53. The number of aliphatic hydroxyl groups excluding tert-OH is 1. The monoisotopic (exact) mass is 279 g/mol. The lowest BCUT2D eigenvalue weighted by Crippen LogP contribution is -2.45. The van der Waals surface area contributed by atoms with Crippen LogP contribution in [0.3, 0.4) is 0 Å². The van der Waals surface area contributed by atoms with Crippen LogP contribution < -0.4 is 10.6 Å². The summed E-state index contributed by atoms with van der Waals surface area (Å²) in [4.78, 5) is 4.57. The highest BCUT2D eigenvalue weighted by Crippen LogP contribution is 2.18. The zero-order chi connectivity index (χ0) is 14.2. The normalized spacial score (nSPS) is 23.6. The molecule has 112 valence electrons. The van der Waals surface area contributed by atoms with E-state index in [9.17, 15) is 5.11 Å². The maximum atomic E-state index is 9.53. The van der Waals surface area contributed by atoms with Crippen LogP contribution in [0, 0.1) is 0 Å². The zero-order valence-corrected chi connectivity index (χ0v) is 12.1. The Balaban J connectivity index is 1.79. The number of nitrogens with zero attached hydrogens (tertiary/aromatic N) is 1. The van der Waals surface area contributed by atoms with Gasteiger partial charge in [-0.05, 0) is 44.7 Å². The average Bonchev–Trinajstić information content (AvgIpc) is 2.95. The smallest absolute Gasteiger partial charge is 0.191 e. The summed E-state index contributed by atoms with van der Waals surface area (Å²) in [5.74, 6) is 1.82. The number of furan rings is 1. The van der Waals surface area contributed by atoms with E-state index in [0.29, 0.717) is 12.6 Å². The Morgan fingerprint density at radius 3 is 2.85 bits per heavy atom. The first-order valence-corrected chi connectivity index (χ1v) is 7.53. The van der Waals surface area contributed by atoms with E-state index in [1.54, 1.807) is 6.26 Å². The number of hydrogen-bond acceptors (Lipinski definition) is 3. The average molecular weight is 279 g/mol. The summed E-state index contributed by atoms with van der Waals surface area (Å²) in [5, 5.41) is 16.2. The number of nitrogens with one attached hydrogen (secondary N) is 2. The Morgan fingerprint density at radius 1 is 1.40 bits per heavy atom. The number of aliphatic hydroxyl groups is 1. The van der Waals surface area contributed by atoms with Crippen LogP contribution in [0.1, 0.15) is 38.4 Å². The van der Waals surface area contributed by atoms with Gasteiger partial charge in [0.2, 0.25) is 0 Å². The van der Waals surface area contributed by atoms with E-state index < -0.39 is 0 Å². The van der Waals surface area contributed by atoms with Crippen molar-refractivity contribution in [2.24, 2.45) is 4.99 Å². The van der Waals surface area contributed by atoms with Crippen LogP contribution in [0.4, 0.5) is 0 Å². The fraction of sp³-hybridized carbons (Fsp3) is 0.667. The van der Waals surface area contributed by atoms with Crippen molar-refractivity contribution < 1.29 is 9.52 Å². The van der Waals surface area contributed by atoms with E-state index in [1.807, 2.05) is 12.1 Å². The second-order valence-electron chi connectivity index (χ2n) is 5.24. The summed E-state index contributed by atoms with van der Waals surface area (Å²) < 4.78 is 5.30. The number of aliphatic imine (C=N–C) groups is 1. The topological polar surface area (TPSA) is 69.8 Å². The molecule has 2 rings (SSSR count). The van der Waals surface area contributed by atoms with Crippen molar-refractivity contribution in [1.29, 1.82) is 0 Å². The third-order valence-electron chi connectivity index (χ3n) is 3.59. The molecule has 0 spiro atoms. The van der Waals surface area contributed by atoms with E-state index in [4.69, 9.17) is 4.42 Å². The summed E-state index contributed by atoms with van der Waals surface area (Å²) in [5.41, 5.74) is 0. The third kappa shape index (κ3) is 4.89. The molecule has 1 aromatic rings. The first-order chi connectivity index (χ1) is 9.78. The molecule has 5 nitrogen and oxygen atoms in total. The van der Waals surface area contributed by atoms with Crippen LogP contribution in [-0.4, -0.2) is 36.3 Å². The quantitative estimate of drug-likeness (QED) is 0.566. The molecule has 0 saturated heterocycles.